The number of benzene rings is 3. The van der Waals surface area contributed by atoms with Crippen LogP contribution in [0, 0.1) is 11.6 Å². The lowest BCUT2D eigenvalue weighted by molar-refractivity contribution is -0.0494. The molecule has 1 fully saturated rings. The highest BCUT2D eigenvalue weighted by atomic mass is 19.3. The molecule has 0 atom stereocenters. The Morgan fingerprint density at radius 2 is 1.59 bits per heavy atom. The van der Waals surface area contributed by atoms with Crippen LogP contribution >= 0.6 is 0 Å². The van der Waals surface area contributed by atoms with Crippen LogP contribution in [0.15, 0.2) is 60.7 Å². The lowest BCUT2D eigenvalue weighted by Crippen LogP contribution is -2.42. The Morgan fingerprint density at radius 1 is 0.912 bits per heavy atom. The number of rotatable bonds is 6. The number of piperidine rings is 1. The van der Waals surface area contributed by atoms with Crippen molar-refractivity contribution >= 4 is 5.91 Å². The predicted molar refractivity (Wildman–Crippen MR) is 122 cm³/mol. The number of halogens is 4. The molecule has 0 radical (unpaired) electrons. The van der Waals surface area contributed by atoms with Crippen LogP contribution in [0.3, 0.4) is 0 Å². The van der Waals surface area contributed by atoms with E-state index in [9.17, 15) is 22.4 Å². The van der Waals surface area contributed by atoms with E-state index >= 15 is 0 Å². The monoisotopic (exact) mass is 472 g/mol. The lowest BCUT2D eigenvalue weighted by atomic mass is 9.97. The second-order valence-electron chi connectivity index (χ2n) is 8.20. The summed E-state index contributed by atoms with van der Waals surface area (Å²) < 4.78 is 60.4. The third-order valence-corrected chi connectivity index (χ3v) is 5.82. The lowest BCUT2D eigenvalue weighted by Gasteiger charge is -2.31. The molecule has 0 unspecified atom stereocenters. The zero-order chi connectivity index (χ0) is 24.3. The summed E-state index contributed by atoms with van der Waals surface area (Å²) in [6.45, 7) is 0.542. The molecule has 3 aromatic carbocycles. The van der Waals surface area contributed by atoms with Gasteiger partial charge in [0.2, 0.25) is 0 Å². The van der Waals surface area contributed by atoms with Gasteiger partial charge in [0.05, 0.1) is 0 Å². The van der Waals surface area contributed by atoms with Gasteiger partial charge < -0.3 is 15.4 Å². The van der Waals surface area contributed by atoms with Crippen molar-refractivity contribution in [3.05, 3.63) is 77.9 Å². The van der Waals surface area contributed by atoms with E-state index in [2.05, 4.69) is 0 Å². The maximum atomic E-state index is 14.5. The summed E-state index contributed by atoms with van der Waals surface area (Å²) in [5, 5.41) is 0. The van der Waals surface area contributed by atoms with E-state index in [4.69, 9.17) is 10.5 Å². The van der Waals surface area contributed by atoms with Crippen LogP contribution in [-0.4, -0.2) is 43.0 Å². The van der Waals surface area contributed by atoms with Gasteiger partial charge in [-0.2, -0.15) is 0 Å². The SMILES string of the molecule is NCCOc1ccc(-c2ccc(C(=O)N3CCC(F)(F)CC3)cc2)cc1-c1ccc(F)cc1F. The number of nitrogens with zero attached hydrogens (tertiary/aromatic N) is 1. The first-order chi connectivity index (χ1) is 16.3. The molecule has 1 aliphatic rings. The van der Waals surface area contributed by atoms with Crippen molar-refractivity contribution in [2.24, 2.45) is 5.73 Å². The first kappa shape index (κ1) is 23.8. The number of amides is 1. The Hall–Kier alpha value is -3.39. The van der Waals surface area contributed by atoms with Crippen LogP contribution in [-0.2, 0) is 0 Å². The fraction of sp³-hybridized carbons (Fsp3) is 0.269. The van der Waals surface area contributed by atoms with E-state index in [0.717, 1.165) is 17.2 Å². The topological polar surface area (TPSA) is 55.6 Å². The van der Waals surface area contributed by atoms with Crippen molar-refractivity contribution in [2.45, 2.75) is 18.8 Å². The van der Waals surface area contributed by atoms with Crippen molar-refractivity contribution in [1.82, 2.24) is 4.90 Å². The average molecular weight is 472 g/mol. The standard InChI is InChI=1S/C26H24F4N2O2/c27-20-6-7-21(23(28)16-20)22-15-19(5-8-24(22)34-14-11-31)17-1-3-18(4-2-17)25(33)32-12-9-26(29,30)10-13-32/h1-8,15-16H,9-14,31H2. The van der Waals surface area contributed by atoms with Gasteiger partial charge in [-0.3, -0.25) is 4.79 Å². The number of carbonyl (C=O) groups excluding carboxylic acids is 1. The Bertz CT molecular complexity index is 1170. The molecule has 34 heavy (non-hydrogen) atoms. The minimum Gasteiger partial charge on any atom is -0.492 e. The quantitative estimate of drug-likeness (QED) is 0.482. The second kappa shape index (κ2) is 9.85. The largest absolute Gasteiger partial charge is 0.492 e. The van der Waals surface area contributed by atoms with Crippen LogP contribution in [0.4, 0.5) is 17.6 Å². The molecular weight excluding hydrogens is 448 g/mol. The number of likely N-dealkylation sites (tertiary alicyclic amines) is 1. The Balaban J connectivity index is 1.61. The van der Waals surface area contributed by atoms with Crippen molar-refractivity contribution in [3.8, 4) is 28.0 Å². The molecule has 1 amide bonds. The number of hydrogen-bond donors (Lipinski definition) is 1. The van der Waals surface area contributed by atoms with Gasteiger partial charge in [-0.1, -0.05) is 18.2 Å². The minimum atomic E-state index is -2.72. The third-order valence-electron chi connectivity index (χ3n) is 5.82. The van der Waals surface area contributed by atoms with Gasteiger partial charge in [0.25, 0.3) is 11.8 Å². The number of ether oxygens (including phenoxy) is 1. The van der Waals surface area contributed by atoms with Crippen molar-refractivity contribution in [2.75, 3.05) is 26.2 Å². The molecule has 0 saturated carbocycles. The zero-order valence-electron chi connectivity index (χ0n) is 18.4. The van der Waals surface area contributed by atoms with Gasteiger partial charge in [-0.15, -0.1) is 0 Å². The summed E-state index contributed by atoms with van der Waals surface area (Å²) in [6, 6.07) is 15.3. The fourth-order valence-electron chi connectivity index (χ4n) is 3.95. The molecule has 3 aromatic rings. The van der Waals surface area contributed by atoms with E-state index in [1.807, 2.05) is 0 Å². The van der Waals surface area contributed by atoms with Crippen LogP contribution in [0.1, 0.15) is 23.2 Å². The molecule has 4 rings (SSSR count). The predicted octanol–water partition coefficient (Wildman–Crippen LogP) is 5.51. The first-order valence-corrected chi connectivity index (χ1v) is 11.0. The van der Waals surface area contributed by atoms with Crippen LogP contribution in [0.2, 0.25) is 0 Å². The first-order valence-electron chi connectivity index (χ1n) is 11.0. The molecule has 8 heteroatoms. The summed E-state index contributed by atoms with van der Waals surface area (Å²) in [5.41, 5.74) is 8.05. The molecule has 0 aliphatic carbocycles. The number of nitrogens with two attached hydrogens (primary N) is 1. The van der Waals surface area contributed by atoms with E-state index < -0.39 is 17.6 Å². The number of carbonyl (C=O) groups is 1. The molecule has 178 valence electrons. The summed E-state index contributed by atoms with van der Waals surface area (Å²) in [7, 11) is 0. The number of alkyl halides is 2. The molecule has 0 spiro atoms. The van der Waals surface area contributed by atoms with Crippen molar-refractivity contribution in [3.63, 3.8) is 0 Å². The molecule has 0 aromatic heterocycles. The summed E-state index contributed by atoms with van der Waals surface area (Å²) >= 11 is 0. The Kier molecular flexibility index (Phi) is 6.88. The smallest absolute Gasteiger partial charge is 0.253 e. The normalized spacial score (nSPS) is 15.3. The Morgan fingerprint density at radius 3 is 2.24 bits per heavy atom. The highest BCUT2D eigenvalue weighted by Gasteiger charge is 2.35. The van der Waals surface area contributed by atoms with Gasteiger partial charge >= 0.3 is 0 Å². The van der Waals surface area contributed by atoms with Crippen LogP contribution in [0.25, 0.3) is 22.3 Å². The summed E-state index contributed by atoms with van der Waals surface area (Å²) in [4.78, 5) is 14.1. The van der Waals surface area contributed by atoms with Crippen LogP contribution < -0.4 is 10.5 Å². The van der Waals surface area contributed by atoms with Gasteiger partial charge in [-0.05, 0) is 47.5 Å². The average Bonchev–Trinajstić information content (AvgIpc) is 2.82. The summed E-state index contributed by atoms with van der Waals surface area (Å²) in [6.07, 6.45) is -0.670. The molecule has 0 bridgehead atoms. The highest BCUT2D eigenvalue weighted by Crippen LogP contribution is 2.36. The van der Waals surface area contributed by atoms with Crippen molar-refractivity contribution in [1.29, 1.82) is 0 Å². The van der Waals surface area contributed by atoms with Crippen LogP contribution in [0.5, 0.6) is 5.75 Å². The molecule has 1 aliphatic heterocycles. The maximum Gasteiger partial charge on any atom is 0.253 e. The van der Waals surface area contributed by atoms with E-state index in [1.165, 1.54) is 17.0 Å². The van der Waals surface area contributed by atoms with Gasteiger partial charge in [0.1, 0.15) is 24.0 Å². The number of hydrogen-bond acceptors (Lipinski definition) is 3. The second-order valence-corrected chi connectivity index (χ2v) is 8.20. The molecular formula is C26H24F4N2O2. The van der Waals surface area contributed by atoms with E-state index in [0.29, 0.717) is 16.9 Å². The molecule has 1 heterocycles. The Labute approximate surface area is 194 Å². The molecule has 1 saturated heterocycles. The van der Waals surface area contributed by atoms with Gasteiger partial charge in [0, 0.05) is 55.2 Å². The van der Waals surface area contributed by atoms with E-state index in [1.54, 1.807) is 42.5 Å². The fourth-order valence-corrected chi connectivity index (χ4v) is 3.95. The molecule has 4 nitrogen and oxygen atoms in total. The minimum absolute atomic E-state index is 0.0183. The van der Waals surface area contributed by atoms with Gasteiger partial charge in [-0.25, -0.2) is 17.6 Å². The highest BCUT2D eigenvalue weighted by molar-refractivity contribution is 5.95. The molecule has 2 N–H and O–H groups in total. The maximum absolute atomic E-state index is 14.5. The van der Waals surface area contributed by atoms with E-state index in [-0.39, 0.29) is 50.6 Å². The third kappa shape index (κ3) is 5.22. The zero-order valence-corrected chi connectivity index (χ0v) is 18.4. The summed E-state index contributed by atoms with van der Waals surface area (Å²) in [5.74, 6) is -4.00. The van der Waals surface area contributed by atoms with Gasteiger partial charge in [0.15, 0.2) is 0 Å². The van der Waals surface area contributed by atoms with Crippen molar-refractivity contribution < 1.29 is 27.1 Å².